The first kappa shape index (κ1) is 23.2. The molecule has 0 aliphatic rings. The molecule has 0 spiro atoms. The van der Waals surface area contributed by atoms with Crippen LogP contribution in [0.3, 0.4) is 0 Å². The van der Waals surface area contributed by atoms with Crippen LogP contribution in [-0.4, -0.2) is 53.0 Å². The second-order valence-electron chi connectivity index (χ2n) is 6.02. The molecule has 21 heavy (non-hydrogen) atoms. The summed E-state index contributed by atoms with van der Waals surface area (Å²) in [5.41, 5.74) is 0.112. The first-order valence-electron chi connectivity index (χ1n) is 7.42. The average molecular weight is 415 g/mol. The Hall–Kier alpha value is -0.0800. The molecule has 0 saturated heterocycles. The van der Waals surface area contributed by atoms with Crippen LogP contribution >= 0.6 is 24.0 Å². The van der Waals surface area contributed by atoms with Gasteiger partial charge in [-0.2, -0.15) is 0 Å². The van der Waals surface area contributed by atoms with Crippen LogP contribution in [0.4, 0.5) is 0 Å². The van der Waals surface area contributed by atoms with Crippen molar-refractivity contribution in [2.24, 2.45) is 10.4 Å². The molecule has 0 aromatic carbocycles. The lowest BCUT2D eigenvalue weighted by molar-refractivity contribution is 0.0205. The number of methoxy groups -OCH3 is 2. The molecular formula is C15H34IN3O2. The van der Waals surface area contributed by atoms with Crippen molar-refractivity contribution in [3.8, 4) is 0 Å². The van der Waals surface area contributed by atoms with Crippen molar-refractivity contribution >= 4 is 29.9 Å². The van der Waals surface area contributed by atoms with Crippen molar-refractivity contribution in [1.82, 2.24) is 10.6 Å². The Bertz CT molecular complexity index is 268. The van der Waals surface area contributed by atoms with Gasteiger partial charge in [-0.3, -0.25) is 4.99 Å². The Morgan fingerprint density at radius 2 is 1.76 bits per heavy atom. The number of nitrogens with zero attached hydrogens (tertiary/aromatic N) is 1. The van der Waals surface area contributed by atoms with Gasteiger partial charge in [0.05, 0.1) is 6.10 Å². The summed E-state index contributed by atoms with van der Waals surface area (Å²) >= 11 is 0. The fraction of sp³-hybridized carbons (Fsp3) is 0.933. The van der Waals surface area contributed by atoms with E-state index in [1.165, 1.54) is 6.42 Å². The lowest BCUT2D eigenvalue weighted by Crippen LogP contribution is -2.45. The fourth-order valence-electron chi connectivity index (χ4n) is 1.91. The second-order valence-corrected chi connectivity index (χ2v) is 6.02. The van der Waals surface area contributed by atoms with E-state index in [1.807, 2.05) is 0 Å². The Kier molecular flexibility index (Phi) is 15.0. The zero-order valence-corrected chi connectivity index (χ0v) is 16.8. The van der Waals surface area contributed by atoms with E-state index in [4.69, 9.17) is 9.47 Å². The van der Waals surface area contributed by atoms with E-state index < -0.39 is 0 Å². The SMILES string of the molecule is CN=C(NCCCCCOC)NCC(OC)C(C)(C)C.I. The summed E-state index contributed by atoms with van der Waals surface area (Å²) in [6.07, 6.45) is 3.56. The molecule has 0 aromatic heterocycles. The maximum Gasteiger partial charge on any atom is 0.191 e. The molecule has 0 rings (SSSR count). The number of ether oxygens (including phenoxy) is 2. The van der Waals surface area contributed by atoms with E-state index in [2.05, 4.69) is 36.4 Å². The number of hydrogen-bond donors (Lipinski definition) is 2. The number of rotatable bonds is 9. The van der Waals surface area contributed by atoms with Gasteiger partial charge in [-0.05, 0) is 24.7 Å². The number of halogens is 1. The van der Waals surface area contributed by atoms with Crippen molar-refractivity contribution < 1.29 is 9.47 Å². The van der Waals surface area contributed by atoms with Crippen LogP contribution < -0.4 is 10.6 Å². The van der Waals surface area contributed by atoms with Gasteiger partial charge >= 0.3 is 0 Å². The van der Waals surface area contributed by atoms with Crippen LogP contribution in [-0.2, 0) is 9.47 Å². The number of guanidine groups is 1. The zero-order valence-electron chi connectivity index (χ0n) is 14.5. The molecular weight excluding hydrogens is 381 g/mol. The van der Waals surface area contributed by atoms with Gasteiger partial charge in [-0.15, -0.1) is 24.0 Å². The normalized spacial score (nSPS) is 13.5. The summed E-state index contributed by atoms with van der Waals surface area (Å²) in [4.78, 5) is 4.22. The first-order chi connectivity index (χ1) is 9.45. The Morgan fingerprint density at radius 1 is 1.10 bits per heavy atom. The van der Waals surface area contributed by atoms with Crippen molar-refractivity contribution in [3.05, 3.63) is 0 Å². The molecule has 0 aliphatic heterocycles. The van der Waals surface area contributed by atoms with E-state index in [9.17, 15) is 0 Å². The predicted molar refractivity (Wildman–Crippen MR) is 101 cm³/mol. The molecule has 0 aliphatic carbocycles. The summed E-state index contributed by atoms with van der Waals surface area (Å²) < 4.78 is 10.5. The minimum absolute atomic E-state index is 0. The highest BCUT2D eigenvalue weighted by molar-refractivity contribution is 14.0. The molecule has 0 bridgehead atoms. The van der Waals surface area contributed by atoms with E-state index >= 15 is 0 Å². The minimum Gasteiger partial charge on any atom is -0.385 e. The number of nitrogens with one attached hydrogen (secondary N) is 2. The van der Waals surface area contributed by atoms with Crippen LogP contribution in [0, 0.1) is 5.41 Å². The average Bonchev–Trinajstić information content (AvgIpc) is 2.39. The number of unbranched alkanes of at least 4 members (excludes halogenated alkanes) is 2. The summed E-state index contributed by atoms with van der Waals surface area (Å²) in [5.74, 6) is 0.836. The zero-order chi connectivity index (χ0) is 15.4. The highest BCUT2D eigenvalue weighted by Crippen LogP contribution is 2.20. The lowest BCUT2D eigenvalue weighted by atomic mass is 9.89. The topological polar surface area (TPSA) is 54.9 Å². The first-order valence-corrected chi connectivity index (χ1v) is 7.42. The van der Waals surface area contributed by atoms with Gasteiger partial charge in [0.15, 0.2) is 5.96 Å². The third kappa shape index (κ3) is 12.2. The van der Waals surface area contributed by atoms with Gasteiger partial charge in [0.2, 0.25) is 0 Å². The fourth-order valence-corrected chi connectivity index (χ4v) is 1.91. The molecule has 1 atom stereocenters. The quantitative estimate of drug-likeness (QED) is 0.263. The maximum atomic E-state index is 5.52. The third-order valence-corrected chi connectivity index (χ3v) is 3.25. The van der Waals surface area contributed by atoms with E-state index in [-0.39, 0.29) is 35.5 Å². The molecule has 0 amide bonds. The largest absolute Gasteiger partial charge is 0.385 e. The summed E-state index contributed by atoms with van der Waals surface area (Å²) in [7, 11) is 5.29. The molecule has 0 fully saturated rings. The Morgan fingerprint density at radius 3 is 2.24 bits per heavy atom. The third-order valence-electron chi connectivity index (χ3n) is 3.25. The van der Waals surface area contributed by atoms with Crippen LogP contribution in [0.5, 0.6) is 0 Å². The minimum atomic E-state index is 0. The molecule has 1 unspecified atom stereocenters. The summed E-state index contributed by atoms with van der Waals surface area (Å²) in [5, 5.41) is 6.64. The smallest absolute Gasteiger partial charge is 0.191 e. The lowest BCUT2D eigenvalue weighted by Gasteiger charge is -2.30. The molecule has 0 heterocycles. The summed E-state index contributed by atoms with van der Waals surface area (Å²) in [6, 6.07) is 0. The molecule has 2 N–H and O–H groups in total. The van der Waals surface area contributed by atoms with Gasteiger partial charge in [0.25, 0.3) is 0 Å². The maximum absolute atomic E-state index is 5.52. The number of hydrogen-bond acceptors (Lipinski definition) is 3. The highest BCUT2D eigenvalue weighted by atomic mass is 127. The molecule has 0 aromatic rings. The van der Waals surface area contributed by atoms with Gasteiger partial charge in [-0.25, -0.2) is 0 Å². The Balaban J connectivity index is 0. The van der Waals surface area contributed by atoms with Crippen LogP contribution in [0.1, 0.15) is 40.0 Å². The second kappa shape index (κ2) is 13.6. The van der Waals surface area contributed by atoms with Crippen LogP contribution in [0.2, 0.25) is 0 Å². The molecule has 0 radical (unpaired) electrons. The molecule has 5 nitrogen and oxygen atoms in total. The van der Waals surface area contributed by atoms with Gasteiger partial charge in [0.1, 0.15) is 0 Å². The standard InChI is InChI=1S/C15H33N3O2.HI/c1-15(2,3)13(20-6)12-18-14(16-4)17-10-8-7-9-11-19-5;/h13H,7-12H2,1-6H3,(H2,16,17,18);1H. The highest BCUT2D eigenvalue weighted by Gasteiger charge is 2.24. The predicted octanol–water partition coefficient (Wildman–Crippen LogP) is 2.65. The van der Waals surface area contributed by atoms with Crippen LogP contribution in [0.25, 0.3) is 0 Å². The van der Waals surface area contributed by atoms with Crippen molar-refractivity contribution in [1.29, 1.82) is 0 Å². The molecule has 0 saturated carbocycles. The van der Waals surface area contributed by atoms with E-state index in [1.54, 1.807) is 21.3 Å². The van der Waals surface area contributed by atoms with Crippen LogP contribution in [0.15, 0.2) is 4.99 Å². The molecule has 6 heteroatoms. The van der Waals surface area contributed by atoms with E-state index in [0.29, 0.717) is 0 Å². The molecule has 128 valence electrons. The van der Waals surface area contributed by atoms with Gasteiger partial charge < -0.3 is 20.1 Å². The summed E-state index contributed by atoms with van der Waals surface area (Å²) in [6.45, 7) is 9.05. The van der Waals surface area contributed by atoms with E-state index in [0.717, 1.165) is 38.5 Å². The van der Waals surface area contributed by atoms with Gasteiger partial charge in [0, 0.05) is 41.0 Å². The van der Waals surface area contributed by atoms with Gasteiger partial charge in [-0.1, -0.05) is 20.8 Å². The number of aliphatic imine (C=N–C) groups is 1. The van der Waals surface area contributed by atoms with Crippen molar-refractivity contribution in [3.63, 3.8) is 0 Å². The van der Waals surface area contributed by atoms with Crippen molar-refractivity contribution in [2.45, 2.75) is 46.1 Å². The monoisotopic (exact) mass is 415 g/mol. The van der Waals surface area contributed by atoms with Crippen molar-refractivity contribution in [2.75, 3.05) is 41.0 Å². The Labute approximate surface area is 147 Å².